The van der Waals surface area contributed by atoms with Crippen LogP contribution in [0.1, 0.15) is 17.5 Å². The zero-order valence-electron chi connectivity index (χ0n) is 14.0. The van der Waals surface area contributed by atoms with Crippen LogP contribution in [0.3, 0.4) is 0 Å². The van der Waals surface area contributed by atoms with Crippen LogP contribution in [0.25, 0.3) is 11.0 Å². The molecule has 0 radical (unpaired) electrons. The fourth-order valence-electron chi connectivity index (χ4n) is 2.62. The van der Waals surface area contributed by atoms with Crippen molar-refractivity contribution in [3.8, 4) is 0 Å². The highest BCUT2D eigenvalue weighted by atomic mass is 16.3. The van der Waals surface area contributed by atoms with Gasteiger partial charge in [-0.05, 0) is 29.7 Å². The number of aromatic nitrogens is 2. The van der Waals surface area contributed by atoms with E-state index in [-0.39, 0.29) is 12.6 Å². The number of carbonyl (C=O) groups excluding carboxylic acids is 1. The van der Waals surface area contributed by atoms with Crippen molar-refractivity contribution in [2.24, 2.45) is 0 Å². The number of benzene rings is 2. The molecule has 0 aliphatic heterocycles. The van der Waals surface area contributed by atoms with E-state index in [0.29, 0.717) is 19.5 Å². The molecule has 6 nitrogen and oxygen atoms in total. The van der Waals surface area contributed by atoms with Gasteiger partial charge in [-0.2, -0.15) is 0 Å². The topological polar surface area (TPSA) is 79.2 Å². The maximum Gasteiger partial charge on any atom is 0.315 e. The van der Waals surface area contributed by atoms with E-state index in [9.17, 15) is 4.79 Å². The second-order valence-corrected chi connectivity index (χ2v) is 5.86. The summed E-state index contributed by atoms with van der Waals surface area (Å²) in [7, 11) is 0. The lowest BCUT2D eigenvalue weighted by molar-refractivity contribution is 0.237. The molecule has 25 heavy (non-hydrogen) atoms. The normalized spacial score (nSPS) is 10.8. The Kier molecular flexibility index (Phi) is 5.64. The van der Waals surface area contributed by atoms with Crippen LogP contribution in [-0.4, -0.2) is 33.8 Å². The van der Waals surface area contributed by atoms with Gasteiger partial charge < -0.3 is 20.3 Å². The van der Waals surface area contributed by atoms with Gasteiger partial charge in [-0.3, -0.25) is 0 Å². The van der Waals surface area contributed by atoms with E-state index >= 15 is 0 Å². The number of nitrogens with one attached hydrogen (secondary N) is 2. The number of hydrogen-bond donors (Lipinski definition) is 3. The molecule has 3 aromatic rings. The Morgan fingerprint density at radius 1 is 1.04 bits per heavy atom. The predicted octanol–water partition coefficient (Wildman–Crippen LogP) is 2.27. The number of aliphatic hydroxyl groups is 1. The van der Waals surface area contributed by atoms with Crippen molar-refractivity contribution in [2.45, 2.75) is 19.5 Å². The average molecular weight is 338 g/mol. The molecule has 2 aromatic carbocycles. The van der Waals surface area contributed by atoms with Gasteiger partial charge >= 0.3 is 6.03 Å². The monoisotopic (exact) mass is 338 g/mol. The Hall–Kier alpha value is -2.86. The number of para-hydroxylation sites is 2. The number of nitrogens with zero attached hydrogens (tertiary/aromatic N) is 2. The highest BCUT2D eigenvalue weighted by Gasteiger charge is 2.03. The summed E-state index contributed by atoms with van der Waals surface area (Å²) in [5, 5.41) is 14.2. The number of aliphatic hydroxyl groups excluding tert-OH is 1. The molecule has 0 fully saturated rings. The maximum atomic E-state index is 11.6. The lowest BCUT2D eigenvalue weighted by atomic mass is 10.1. The van der Waals surface area contributed by atoms with Crippen LogP contribution < -0.4 is 10.6 Å². The van der Waals surface area contributed by atoms with Gasteiger partial charge in [0.15, 0.2) is 0 Å². The molecule has 0 bridgehead atoms. The summed E-state index contributed by atoms with van der Waals surface area (Å²) in [6.07, 6.45) is 2.42. The van der Waals surface area contributed by atoms with Crippen molar-refractivity contribution < 1.29 is 9.90 Å². The predicted molar refractivity (Wildman–Crippen MR) is 97.2 cm³/mol. The zero-order chi connectivity index (χ0) is 17.5. The first-order valence-corrected chi connectivity index (χ1v) is 8.36. The van der Waals surface area contributed by atoms with Crippen LogP contribution in [0.4, 0.5) is 4.79 Å². The van der Waals surface area contributed by atoms with Crippen molar-refractivity contribution in [1.82, 2.24) is 20.2 Å². The quantitative estimate of drug-likeness (QED) is 0.578. The second-order valence-electron chi connectivity index (χ2n) is 5.86. The fraction of sp³-hybridized carbons (Fsp3) is 0.263. The van der Waals surface area contributed by atoms with E-state index in [2.05, 4.69) is 38.4 Å². The Bertz CT molecular complexity index is 827. The second kappa shape index (κ2) is 8.30. The molecule has 0 saturated carbocycles. The van der Waals surface area contributed by atoms with Crippen molar-refractivity contribution in [3.05, 3.63) is 66.0 Å². The van der Waals surface area contributed by atoms with Gasteiger partial charge in [-0.1, -0.05) is 36.4 Å². The molecule has 6 heteroatoms. The van der Waals surface area contributed by atoms with Gasteiger partial charge in [0.1, 0.15) is 0 Å². The van der Waals surface area contributed by atoms with E-state index < -0.39 is 0 Å². The van der Waals surface area contributed by atoms with Crippen LogP contribution in [0.15, 0.2) is 54.9 Å². The van der Waals surface area contributed by atoms with Crippen molar-refractivity contribution in [3.63, 3.8) is 0 Å². The van der Waals surface area contributed by atoms with Crippen molar-refractivity contribution >= 4 is 17.1 Å². The summed E-state index contributed by atoms with van der Waals surface area (Å²) in [5.74, 6) is 0. The smallest absolute Gasteiger partial charge is 0.315 e. The highest BCUT2D eigenvalue weighted by molar-refractivity contribution is 5.75. The first-order chi connectivity index (χ1) is 12.3. The molecule has 0 saturated heterocycles. The standard InChI is InChI=1S/C19H22N4O2/c24-11-3-10-20-19(25)21-12-15-6-8-16(9-7-15)13-23-14-22-17-4-1-2-5-18(17)23/h1-2,4-9,14,24H,3,10-13H2,(H2,20,21,25). The van der Waals surface area contributed by atoms with Crippen molar-refractivity contribution in [2.75, 3.05) is 13.2 Å². The summed E-state index contributed by atoms with van der Waals surface area (Å²) >= 11 is 0. The summed E-state index contributed by atoms with van der Waals surface area (Å²) in [5.41, 5.74) is 4.33. The van der Waals surface area contributed by atoms with Gasteiger partial charge in [0.05, 0.1) is 17.4 Å². The molecule has 1 aromatic heterocycles. The lowest BCUT2D eigenvalue weighted by Gasteiger charge is -2.08. The highest BCUT2D eigenvalue weighted by Crippen LogP contribution is 2.14. The Morgan fingerprint density at radius 3 is 2.60 bits per heavy atom. The van der Waals surface area contributed by atoms with E-state index in [1.807, 2.05) is 36.7 Å². The SMILES string of the molecule is O=C(NCCCO)NCc1ccc(Cn2cnc3ccccc32)cc1. The van der Waals surface area contributed by atoms with E-state index in [4.69, 9.17) is 5.11 Å². The van der Waals surface area contributed by atoms with Crippen LogP contribution in [0.5, 0.6) is 0 Å². The number of fused-ring (bicyclic) bond motifs is 1. The third-order valence-electron chi connectivity index (χ3n) is 3.98. The van der Waals surface area contributed by atoms with Gasteiger partial charge in [0.25, 0.3) is 0 Å². The number of hydrogen-bond acceptors (Lipinski definition) is 3. The van der Waals surface area contributed by atoms with E-state index in [1.165, 1.54) is 5.56 Å². The molecule has 0 unspecified atom stereocenters. The molecule has 2 amide bonds. The van der Waals surface area contributed by atoms with E-state index in [0.717, 1.165) is 23.1 Å². The summed E-state index contributed by atoms with van der Waals surface area (Å²) in [6.45, 7) is 1.78. The minimum atomic E-state index is -0.220. The molecule has 3 rings (SSSR count). The van der Waals surface area contributed by atoms with Gasteiger partial charge in [0.2, 0.25) is 0 Å². The van der Waals surface area contributed by atoms with Crippen LogP contribution in [0, 0.1) is 0 Å². The van der Waals surface area contributed by atoms with E-state index in [1.54, 1.807) is 0 Å². The van der Waals surface area contributed by atoms with Crippen LogP contribution >= 0.6 is 0 Å². The first kappa shape index (κ1) is 17.0. The maximum absolute atomic E-state index is 11.6. The van der Waals surface area contributed by atoms with Gasteiger partial charge in [0, 0.05) is 26.2 Å². The number of imidazole rings is 1. The number of amides is 2. The lowest BCUT2D eigenvalue weighted by Crippen LogP contribution is -2.35. The van der Waals surface area contributed by atoms with Crippen LogP contribution in [0.2, 0.25) is 0 Å². The first-order valence-electron chi connectivity index (χ1n) is 8.36. The molecule has 3 N–H and O–H groups in total. The van der Waals surface area contributed by atoms with Crippen molar-refractivity contribution in [1.29, 1.82) is 0 Å². The molecule has 0 aliphatic carbocycles. The Balaban J connectivity index is 1.54. The number of carbonyl (C=O) groups is 1. The summed E-state index contributed by atoms with van der Waals surface area (Å²) in [4.78, 5) is 16.0. The van der Waals surface area contributed by atoms with Gasteiger partial charge in [-0.25, -0.2) is 9.78 Å². The molecule has 130 valence electrons. The fourth-order valence-corrected chi connectivity index (χ4v) is 2.62. The average Bonchev–Trinajstić information content (AvgIpc) is 3.04. The van der Waals surface area contributed by atoms with Gasteiger partial charge in [-0.15, -0.1) is 0 Å². The summed E-state index contributed by atoms with van der Waals surface area (Å²) in [6, 6.07) is 16.0. The molecular formula is C19H22N4O2. The Labute approximate surface area is 146 Å². The van der Waals surface area contributed by atoms with Crippen LogP contribution in [-0.2, 0) is 13.1 Å². The molecule has 0 atom stereocenters. The third-order valence-corrected chi connectivity index (χ3v) is 3.98. The molecule has 0 spiro atoms. The minimum Gasteiger partial charge on any atom is -0.396 e. The molecular weight excluding hydrogens is 316 g/mol. The molecule has 0 aliphatic rings. The number of urea groups is 1. The summed E-state index contributed by atoms with van der Waals surface area (Å²) < 4.78 is 2.12. The number of rotatable bonds is 7. The molecule has 1 heterocycles. The zero-order valence-corrected chi connectivity index (χ0v) is 14.0. The minimum absolute atomic E-state index is 0.0773. The third kappa shape index (κ3) is 4.58. The largest absolute Gasteiger partial charge is 0.396 e. The Morgan fingerprint density at radius 2 is 1.80 bits per heavy atom.